The molecule has 2 heterocycles. The zero-order valence-corrected chi connectivity index (χ0v) is 13.9. The first kappa shape index (κ1) is 18.4. The summed E-state index contributed by atoms with van der Waals surface area (Å²) in [6.07, 6.45) is -1.05. The minimum absolute atomic E-state index is 0.159. The Morgan fingerprint density at radius 2 is 1.81 bits per heavy atom. The number of nitrogens with zero attached hydrogens (tertiary/aromatic N) is 4. The van der Waals surface area contributed by atoms with Crippen molar-refractivity contribution in [2.45, 2.75) is 6.18 Å². The molecule has 140 valence electrons. The molecular formula is C17H15F3N6O. The molecule has 2 N–H and O–H groups in total. The number of benzene rings is 1. The summed E-state index contributed by atoms with van der Waals surface area (Å²) in [4.78, 5) is 11.9. The number of hydrogen-bond acceptors (Lipinski definition) is 5. The van der Waals surface area contributed by atoms with E-state index in [9.17, 15) is 18.0 Å². The lowest BCUT2D eigenvalue weighted by Crippen LogP contribution is -2.29. The lowest BCUT2D eigenvalue weighted by atomic mass is 10.1. The summed E-state index contributed by atoms with van der Waals surface area (Å²) in [5.74, 6) is 0.640. The molecule has 0 bridgehead atoms. The monoisotopic (exact) mass is 376 g/mol. The summed E-state index contributed by atoms with van der Waals surface area (Å²) >= 11 is 0. The van der Waals surface area contributed by atoms with Gasteiger partial charge in [0.25, 0.3) is 5.91 Å². The van der Waals surface area contributed by atoms with Gasteiger partial charge in [0.1, 0.15) is 5.82 Å². The van der Waals surface area contributed by atoms with Crippen LogP contribution < -0.4 is 10.6 Å². The Bertz CT molecular complexity index is 877. The molecule has 0 aliphatic carbocycles. The molecule has 0 atom stereocenters. The number of rotatable bonds is 6. The number of anilines is 1. The first-order valence-corrected chi connectivity index (χ1v) is 7.96. The van der Waals surface area contributed by atoms with Crippen LogP contribution in [0, 0.1) is 0 Å². The summed E-state index contributed by atoms with van der Waals surface area (Å²) in [5, 5.41) is 17.7. The van der Waals surface area contributed by atoms with Crippen molar-refractivity contribution < 1.29 is 18.0 Å². The number of amides is 1. The maximum atomic E-state index is 12.5. The predicted octanol–water partition coefficient (Wildman–Crippen LogP) is 2.52. The highest BCUT2D eigenvalue weighted by atomic mass is 19.4. The fourth-order valence-corrected chi connectivity index (χ4v) is 2.23. The fraction of sp³-hybridized carbons (Fsp3) is 0.176. The highest BCUT2D eigenvalue weighted by Crippen LogP contribution is 2.29. The normalized spacial score (nSPS) is 11.2. The standard InChI is InChI=1S/C17H15F3N6O/c18-17(19,20)13-4-2-12(3-5-13)16(27)22-10-9-21-14-6-7-15(25-24-14)26-11-1-8-23-26/h1-8,11H,9-10H2,(H,21,24)(H,22,27). The lowest BCUT2D eigenvalue weighted by Gasteiger charge is -2.09. The number of aromatic nitrogens is 4. The van der Waals surface area contributed by atoms with Gasteiger partial charge in [-0.15, -0.1) is 10.2 Å². The van der Waals surface area contributed by atoms with Gasteiger partial charge in [-0.05, 0) is 42.5 Å². The van der Waals surface area contributed by atoms with E-state index in [-0.39, 0.29) is 12.1 Å². The Hall–Kier alpha value is -3.43. The molecule has 10 heteroatoms. The second kappa shape index (κ2) is 7.85. The molecule has 27 heavy (non-hydrogen) atoms. The second-order valence-corrected chi connectivity index (χ2v) is 5.49. The smallest absolute Gasteiger partial charge is 0.367 e. The largest absolute Gasteiger partial charge is 0.416 e. The van der Waals surface area contributed by atoms with Crippen molar-refractivity contribution in [1.29, 1.82) is 0 Å². The van der Waals surface area contributed by atoms with Crippen LogP contribution in [0.1, 0.15) is 15.9 Å². The molecule has 0 saturated carbocycles. The van der Waals surface area contributed by atoms with Crippen molar-refractivity contribution in [3.05, 3.63) is 66.0 Å². The van der Waals surface area contributed by atoms with Crippen LogP contribution in [0.3, 0.4) is 0 Å². The number of carbonyl (C=O) groups excluding carboxylic acids is 1. The van der Waals surface area contributed by atoms with Gasteiger partial charge in [0, 0.05) is 31.0 Å². The van der Waals surface area contributed by atoms with Gasteiger partial charge in [0.05, 0.1) is 5.56 Å². The SMILES string of the molecule is O=C(NCCNc1ccc(-n2cccn2)nn1)c1ccc(C(F)(F)F)cc1. The van der Waals surface area contributed by atoms with Crippen LogP contribution in [0.2, 0.25) is 0 Å². The van der Waals surface area contributed by atoms with Crippen LogP contribution in [0.25, 0.3) is 5.82 Å². The minimum Gasteiger partial charge on any atom is -0.367 e. The maximum absolute atomic E-state index is 12.5. The number of hydrogen-bond donors (Lipinski definition) is 2. The molecule has 1 aromatic carbocycles. The Labute approximate surface area is 152 Å². The quantitative estimate of drug-likeness (QED) is 0.646. The Kier molecular flexibility index (Phi) is 5.34. The summed E-state index contributed by atoms with van der Waals surface area (Å²) in [7, 11) is 0. The zero-order valence-electron chi connectivity index (χ0n) is 13.9. The first-order valence-electron chi connectivity index (χ1n) is 7.96. The number of nitrogens with one attached hydrogen (secondary N) is 2. The molecule has 1 amide bonds. The lowest BCUT2D eigenvalue weighted by molar-refractivity contribution is -0.137. The van der Waals surface area contributed by atoms with Crippen LogP contribution in [-0.4, -0.2) is 39.0 Å². The summed E-state index contributed by atoms with van der Waals surface area (Å²) in [6, 6.07) is 9.28. The van der Waals surface area contributed by atoms with Crippen molar-refractivity contribution in [3.8, 4) is 5.82 Å². The molecular weight excluding hydrogens is 361 g/mol. The molecule has 0 saturated heterocycles. The van der Waals surface area contributed by atoms with Gasteiger partial charge >= 0.3 is 6.18 Å². The molecule has 0 aliphatic heterocycles. The molecule has 0 spiro atoms. The van der Waals surface area contributed by atoms with Crippen LogP contribution in [0.15, 0.2) is 54.9 Å². The maximum Gasteiger partial charge on any atom is 0.416 e. The van der Waals surface area contributed by atoms with Gasteiger partial charge in [-0.1, -0.05) is 0 Å². The highest BCUT2D eigenvalue weighted by molar-refractivity contribution is 5.94. The van der Waals surface area contributed by atoms with Crippen LogP contribution in [-0.2, 0) is 6.18 Å². The van der Waals surface area contributed by atoms with Crippen molar-refractivity contribution in [3.63, 3.8) is 0 Å². The van der Waals surface area contributed by atoms with Gasteiger partial charge in [-0.25, -0.2) is 4.68 Å². The summed E-state index contributed by atoms with van der Waals surface area (Å²) in [5.41, 5.74) is -0.635. The minimum atomic E-state index is -4.42. The molecule has 2 aromatic heterocycles. The van der Waals surface area contributed by atoms with Crippen molar-refractivity contribution in [2.75, 3.05) is 18.4 Å². The molecule has 0 fully saturated rings. The Balaban J connectivity index is 1.45. The molecule has 0 unspecified atom stereocenters. The fourth-order valence-electron chi connectivity index (χ4n) is 2.23. The zero-order chi connectivity index (χ0) is 19.3. The Morgan fingerprint density at radius 1 is 1.04 bits per heavy atom. The predicted molar refractivity (Wildman–Crippen MR) is 91.4 cm³/mol. The topological polar surface area (TPSA) is 84.7 Å². The molecule has 7 nitrogen and oxygen atoms in total. The van der Waals surface area contributed by atoms with Gasteiger partial charge < -0.3 is 10.6 Å². The van der Waals surface area contributed by atoms with Crippen LogP contribution in [0.4, 0.5) is 19.0 Å². The van der Waals surface area contributed by atoms with E-state index < -0.39 is 17.6 Å². The molecule has 0 radical (unpaired) electrons. The third-order valence-corrected chi connectivity index (χ3v) is 3.58. The van der Waals surface area contributed by atoms with E-state index in [1.54, 1.807) is 35.3 Å². The number of halogens is 3. The van der Waals surface area contributed by atoms with E-state index in [0.717, 1.165) is 24.3 Å². The third kappa shape index (κ3) is 4.81. The van der Waals surface area contributed by atoms with Gasteiger partial charge in [0.15, 0.2) is 5.82 Å². The van der Waals surface area contributed by atoms with E-state index in [1.165, 1.54) is 0 Å². The van der Waals surface area contributed by atoms with Crippen molar-refractivity contribution in [2.24, 2.45) is 0 Å². The molecule has 3 aromatic rings. The van der Waals surface area contributed by atoms with E-state index >= 15 is 0 Å². The van der Waals surface area contributed by atoms with Crippen molar-refractivity contribution >= 4 is 11.7 Å². The Morgan fingerprint density at radius 3 is 2.41 bits per heavy atom. The summed E-state index contributed by atoms with van der Waals surface area (Å²) in [6.45, 7) is 0.643. The average molecular weight is 376 g/mol. The van der Waals surface area contributed by atoms with Crippen LogP contribution >= 0.6 is 0 Å². The van der Waals surface area contributed by atoms with Gasteiger partial charge in [-0.2, -0.15) is 18.3 Å². The van der Waals surface area contributed by atoms with E-state index in [4.69, 9.17) is 0 Å². The first-order chi connectivity index (χ1) is 12.9. The molecule has 3 rings (SSSR count). The third-order valence-electron chi connectivity index (χ3n) is 3.58. The average Bonchev–Trinajstić information content (AvgIpc) is 3.20. The highest BCUT2D eigenvalue weighted by Gasteiger charge is 2.30. The van der Waals surface area contributed by atoms with E-state index in [2.05, 4.69) is 25.9 Å². The van der Waals surface area contributed by atoms with Crippen LogP contribution in [0.5, 0.6) is 0 Å². The second-order valence-electron chi connectivity index (χ2n) is 5.49. The molecule has 0 aliphatic rings. The number of alkyl halides is 3. The number of carbonyl (C=O) groups is 1. The summed E-state index contributed by atoms with van der Waals surface area (Å²) < 4.78 is 39.1. The van der Waals surface area contributed by atoms with Crippen molar-refractivity contribution in [1.82, 2.24) is 25.3 Å². The van der Waals surface area contributed by atoms with Gasteiger partial charge in [0.2, 0.25) is 0 Å². The van der Waals surface area contributed by atoms with E-state index in [1.807, 2.05) is 0 Å². The van der Waals surface area contributed by atoms with Gasteiger partial charge in [-0.3, -0.25) is 4.79 Å². The van der Waals surface area contributed by atoms with E-state index in [0.29, 0.717) is 18.2 Å².